The molecule has 26 heavy (non-hydrogen) atoms. The van der Waals surface area contributed by atoms with Crippen molar-refractivity contribution in [1.82, 2.24) is 5.32 Å². The second kappa shape index (κ2) is 6.79. The van der Waals surface area contributed by atoms with Crippen LogP contribution in [0.3, 0.4) is 0 Å². The molecule has 0 spiro atoms. The van der Waals surface area contributed by atoms with E-state index in [0.29, 0.717) is 18.7 Å². The molecule has 0 aromatic heterocycles. The summed E-state index contributed by atoms with van der Waals surface area (Å²) in [7, 11) is 3.06. The molecule has 1 amide bonds. The van der Waals surface area contributed by atoms with E-state index in [1.165, 1.54) is 21.1 Å². The Morgan fingerprint density at radius 1 is 1.31 bits per heavy atom. The van der Waals surface area contributed by atoms with Crippen molar-refractivity contribution in [3.05, 3.63) is 10.4 Å². The zero-order chi connectivity index (χ0) is 19.1. The second-order valence-electron chi connectivity index (χ2n) is 7.19. The Hall–Kier alpha value is -1.71. The van der Waals surface area contributed by atoms with Crippen molar-refractivity contribution in [2.75, 3.05) is 14.2 Å². The zero-order valence-electron chi connectivity index (χ0n) is 15.6. The molecule has 7 atom stereocenters. The monoisotopic (exact) mass is 367 g/mol. The SMILES string of the molecule is CO[C@]1(C)O[C@@H]2[C@H]3CC(N=[N+]=[N-])=N[C@H](C3)[C@@H](NC(C)=O)[C@H]2O[C@@]1(C)OC. The van der Waals surface area contributed by atoms with Crippen LogP contribution in [0.1, 0.15) is 33.6 Å². The molecule has 1 aliphatic carbocycles. The highest BCUT2D eigenvalue weighted by Gasteiger charge is 2.62. The van der Waals surface area contributed by atoms with E-state index in [9.17, 15) is 4.79 Å². The number of hydrogen-bond acceptors (Lipinski definition) is 7. The van der Waals surface area contributed by atoms with Crippen molar-refractivity contribution in [1.29, 1.82) is 0 Å². The molecule has 1 N–H and O–H groups in total. The van der Waals surface area contributed by atoms with Crippen LogP contribution in [0.5, 0.6) is 0 Å². The molecule has 144 valence electrons. The number of carbonyl (C=O) groups excluding carboxylic acids is 1. The van der Waals surface area contributed by atoms with Gasteiger partial charge in [0.2, 0.25) is 17.5 Å². The minimum absolute atomic E-state index is 0.0314. The summed E-state index contributed by atoms with van der Waals surface area (Å²) in [5.74, 6) is -2.04. The van der Waals surface area contributed by atoms with Gasteiger partial charge in [-0.2, -0.15) is 0 Å². The molecule has 1 saturated heterocycles. The molecule has 0 aromatic carbocycles. The molecule has 3 aliphatic rings. The van der Waals surface area contributed by atoms with Crippen LogP contribution in [0.4, 0.5) is 0 Å². The van der Waals surface area contributed by atoms with Gasteiger partial charge in [0.05, 0.1) is 24.0 Å². The van der Waals surface area contributed by atoms with Crippen molar-refractivity contribution < 1.29 is 23.7 Å². The van der Waals surface area contributed by atoms with Gasteiger partial charge in [-0.3, -0.25) is 9.79 Å². The van der Waals surface area contributed by atoms with Crippen molar-refractivity contribution in [3.8, 4) is 0 Å². The van der Waals surface area contributed by atoms with Gasteiger partial charge < -0.3 is 24.3 Å². The summed E-state index contributed by atoms with van der Waals surface area (Å²) in [4.78, 5) is 19.1. The minimum atomic E-state index is -1.16. The average molecular weight is 367 g/mol. The summed E-state index contributed by atoms with van der Waals surface area (Å²) in [5, 5.41) is 6.61. The minimum Gasteiger partial charge on any atom is -0.349 e. The van der Waals surface area contributed by atoms with Gasteiger partial charge in [-0.25, -0.2) is 0 Å². The lowest BCUT2D eigenvalue weighted by molar-refractivity contribution is -0.457. The van der Waals surface area contributed by atoms with E-state index in [1.54, 1.807) is 13.8 Å². The standard InChI is InChI=1S/C16H25N5O5/c1-8(22)18-12-10-6-9(7-11(19-10)20-21-17)13-14(12)26-16(3,24-5)15(2,23-4)25-13/h9-10,12-14H,6-7H2,1-5H3,(H,18,22)/t9-,10-,12-,13-,14-,15-,16-/m1/s1. The number of methoxy groups -OCH3 is 2. The molecule has 2 bridgehead atoms. The molecule has 2 heterocycles. The average Bonchev–Trinajstić information content (AvgIpc) is 2.60. The van der Waals surface area contributed by atoms with Crippen LogP contribution in [-0.4, -0.2) is 61.8 Å². The number of amidine groups is 1. The van der Waals surface area contributed by atoms with Gasteiger partial charge in [-0.05, 0) is 43.3 Å². The number of hydrogen-bond donors (Lipinski definition) is 1. The first kappa shape index (κ1) is 19.1. The maximum Gasteiger partial charge on any atom is 0.220 e. The van der Waals surface area contributed by atoms with Crippen LogP contribution in [0.15, 0.2) is 10.1 Å². The number of amides is 1. The Morgan fingerprint density at radius 2 is 1.92 bits per heavy atom. The largest absolute Gasteiger partial charge is 0.349 e. The fourth-order valence-corrected chi connectivity index (χ4v) is 4.13. The zero-order valence-corrected chi connectivity index (χ0v) is 15.6. The second-order valence-corrected chi connectivity index (χ2v) is 7.19. The number of rotatable bonds is 3. The van der Waals surface area contributed by atoms with Gasteiger partial charge in [0.25, 0.3) is 0 Å². The third-order valence-corrected chi connectivity index (χ3v) is 5.72. The molecule has 3 rings (SSSR count). The van der Waals surface area contributed by atoms with E-state index in [0.717, 1.165) is 0 Å². The molecule has 10 nitrogen and oxygen atoms in total. The van der Waals surface area contributed by atoms with E-state index in [2.05, 4.69) is 20.3 Å². The number of fused-ring (bicyclic) bond motifs is 4. The Kier molecular flexibility index (Phi) is 4.98. The molecule has 1 saturated carbocycles. The summed E-state index contributed by atoms with van der Waals surface area (Å²) in [6.07, 6.45) is 0.355. The van der Waals surface area contributed by atoms with Gasteiger partial charge in [0.1, 0.15) is 6.10 Å². The quantitative estimate of drug-likeness (QED) is 0.459. The third kappa shape index (κ3) is 2.97. The molecule has 10 heteroatoms. The van der Waals surface area contributed by atoms with Gasteiger partial charge in [0, 0.05) is 26.1 Å². The molecule has 0 aromatic rings. The summed E-state index contributed by atoms with van der Waals surface area (Å²) in [5.41, 5.74) is 8.76. The number of carbonyl (C=O) groups is 1. The van der Waals surface area contributed by atoms with Crippen molar-refractivity contribution in [2.45, 2.75) is 69.5 Å². The lowest BCUT2D eigenvalue weighted by Gasteiger charge is -2.58. The van der Waals surface area contributed by atoms with Gasteiger partial charge >= 0.3 is 0 Å². The van der Waals surface area contributed by atoms with Crippen LogP contribution >= 0.6 is 0 Å². The molecule has 2 fully saturated rings. The molecular weight excluding hydrogens is 342 g/mol. The Labute approximate surface area is 151 Å². The molecule has 0 radical (unpaired) electrons. The van der Waals surface area contributed by atoms with Crippen LogP contribution in [0.25, 0.3) is 10.4 Å². The number of ether oxygens (including phenoxy) is 4. The third-order valence-electron chi connectivity index (χ3n) is 5.72. The predicted molar refractivity (Wildman–Crippen MR) is 91.3 cm³/mol. The molecule has 2 aliphatic heterocycles. The van der Waals surface area contributed by atoms with Crippen molar-refractivity contribution in [2.24, 2.45) is 16.0 Å². The van der Waals surface area contributed by atoms with E-state index < -0.39 is 23.7 Å². The summed E-state index contributed by atoms with van der Waals surface area (Å²) in [6.45, 7) is 4.95. The topological polar surface area (TPSA) is 127 Å². The highest BCUT2D eigenvalue weighted by atomic mass is 16.8. The first-order valence-corrected chi connectivity index (χ1v) is 8.61. The molecular formula is C16H25N5O5. The number of nitrogens with zero attached hydrogens (tertiary/aromatic N) is 4. The summed E-state index contributed by atoms with van der Waals surface area (Å²) >= 11 is 0. The fraction of sp³-hybridized carbons (Fsp3) is 0.875. The highest BCUT2D eigenvalue weighted by Crippen LogP contribution is 2.47. The maximum absolute atomic E-state index is 11.8. The van der Waals surface area contributed by atoms with E-state index >= 15 is 0 Å². The van der Waals surface area contributed by atoms with E-state index in [1.807, 2.05) is 0 Å². The van der Waals surface area contributed by atoms with E-state index in [4.69, 9.17) is 24.5 Å². The fourth-order valence-electron chi connectivity index (χ4n) is 4.13. The summed E-state index contributed by atoms with van der Waals surface area (Å²) < 4.78 is 23.8. The predicted octanol–water partition coefficient (Wildman–Crippen LogP) is 1.50. The number of nitrogens with one attached hydrogen (secondary N) is 1. The molecule has 0 unspecified atom stereocenters. The van der Waals surface area contributed by atoms with Gasteiger partial charge in [0.15, 0.2) is 0 Å². The first-order valence-electron chi connectivity index (χ1n) is 8.61. The Bertz CT molecular complexity index is 665. The van der Waals surface area contributed by atoms with Crippen molar-refractivity contribution in [3.63, 3.8) is 0 Å². The number of azide groups is 1. The Balaban J connectivity index is 2.01. The van der Waals surface area contributed by atoms with Gasteiger partial charge in [-0.15, -0.1) is 0 Å². The van der Waals surface area contributed by atoms with Crippen LogP contribution in [0.2, 0.25) is 0 Å². The first-order chi connectivity index (χ1) is 12.3. The van der Waals surface area contributed by atoms with Crippen LogP contribution in [0, 0.1) is 5.92 Å². The number of aliphatic imine (C=N–C) groups is 1. The lowest BCUT2D eigenvalue weighted by atomic mass is 9.73. The Morgan fingerprint density at radius 3 is 2.46 bits per heavy atom. The van der Waals surface area contributed by atoms with Gasteiger partial charge in [-0.1, -0.05) is 0 Å². The smallest absolute Gasteiger partial charge is 0.220 e. The van der Waals surface area contributed by atoms with Crippen molar-refractivity contribution >= 4 is 11.7 Å². The highest BCUT2D eigenvalue weighted by molar-refractivity contribution is 5.84. The van der Waals surface area contributed by atoms with E-state index in [-0.39, 0.29) is 24.0 Å². The van der Waals surface area contributed by atoms with Crippen LogP contribution < -0.4 is 5.32 Å². The summed E-state index contributed by atoms with van der Waals surface area (Å²) in [6, 6.07) is -0.676. The normalized spacial score (nSPS) is 44.3. The lowest BCUT2D eigenvalue weighted by Crippen LogP contribution is -2.73. The maximum atomic E-state index is 11.8. The van der Waals surface area contributed by atoms with Crippen LogP contribution in [-0.2, 0) is 23.7 Å².